The Morgan fingerprint density at radius 3 is 2.67 bits per heavy atom. The first-order valence-corrected chi connectivity index (χ1v) is 7.87. The zero-order valence-corrected chi connectivity index (χ0v) is 12.4. The summed E-state index contributed by atoms with van der Waals surface area (Å²) in [5.74, 6) is -0.119. The van der Waals surface area contributed by atoms with Crippen molar-refractivity contribution < 1.29 is 28.0 Å². The average Bonchev–Trinajstić information content (AvgIpc) is 2.46. The number of benzene rings is 1. The Labute approximate surface area is 124 Å². The SMILES string of the molecule is CCOC(=O)CC(=O)CS(=O)c1ccc2c(c1)OCCO2. The quantitative estimate of drug-likeness (QED) is 0.578. The lowest BCUT2D eigenvalue weighted by atomic mass is 10.3. The van der Waals surface area contributed by atoms with Crippen LogP contribution in [-0.2, 0) is 25.1 Å². The molecule has 0 fully saturated rings. The van der Waals surface area contributed by atoms with Crippen LogP contribution in [0.1, 0.15) is 13.3 Å². The van der Waals surface area contributed by atoms with E-state index in [1.807, 2.05) is 0 Å². The van der Waals surface area contributed by atoms with Gasteiger partial charge in [0.1, 0.15) is 19.6 Å². The highest BCUT2D eigenvalue weighted by Gasteiger charge is 2.18. The Bertz CT molecular complexity index is 569. The van der Waals surface area contributed by atoms with Crippen LogP contribution in [0.3, 0.4) is 0 Å². The molecule has 0 spiro atoms. The molecule has 0 N–H and O–H groups in total. The predicted octanol–water partition coefficient (Wildman–Crippen LogP) is 1.09. The van der Waals surface area contributed by atoms with Crippen molar-refractivity contribution in [2.75, 3.05) is 25.6 Å². The fourth-order valence-corrected chi connectivity index (χ4v) is 2.84. The van der Waals surface area contributed by atoms with Crippen LogP contribution in [0.5, 0.6) is 11.5 Å². The maximum atomic E-state index is 12.1. The zero-order chi connectivity index (χ0) is 15.2. The Hall–Kier alpha value is -1.89. The van der Waals surface area contributed by atoms with Crippen molar-refractivity contribution in [2.24, 2.45) is 0 Å². The highest BCUT2D eigenvalue weighted by Crippen LogP contribution is 2.31. The van der Waals surface area contributed by atoms with Gasteiger partial charge in [-0.2, -0.15) is 0 Å². The second-order valence-electron chi connectivity index (χ2n) is 4.32. The molecule has 6 nitrogen and oxygen atoms in total. The number of fused-ring (bicyclic) bond motifs is 1. The first kappa shape index (κ1) is 15.5. The molecule has 1 aliphatic heterocycles. The van der Waals surface area contributed by atoms with Gasteiger partial charge in [-0.1, -0.05) is 0 Å². The number of carbonyl (C=O) groups is 2. The van der Waals surface area contributed by atoms with E-state index in [0.29, 0.717) is 29.6 Å². The number of ketones is 1. The third-order valence-corrected chi connectivity index (χ3v) is 4.08. The number of carbonyl (C=O) groups excluding carboxylic acids is 2. The van der Waals surface area contributed by atoms with Gasteiger partial charge in [-0.15, -0.1) is 0 Å². The minimum Gasteiger partial charge on any atom is -0.486 e. The lowest BCUT2D eigenvalue weighted by Gasteiger charge is -2.18. The maximum absolute atomic E-state index is 12.1. The molecule has 114 valence electrons. The van der Waals surface area contributed by atoms with E-state index in [0.717, 1.165) is 0 Å². The summed E-state index contributed by atoms with van der Waals surface area (Å²) in [6, 6.07) is 4.89. The predicted molar refractivity (Wildman–Crippen MR) is 75.0 cm³/mol. The van der Waals surface area contributed by atoms with Crippen LogP contribution >= 0.6 is 0 Å². The molecule has 1 aromatic carbocycles. The molecule has 1 aliphatic rings. The van der Waals surface area contributed by atoms with Crippen LogP contribution in [0.2, 0.25) is 0 Å². The summed E-state index contributed by atoms with van der Waals surface area (Å²) < 4.78 is 27.6. The van der Waals surface area contributed by atoms with Crippen LogP contribution in [0.25, 0.3) is 0 Å². The van der Waals surface area contributed by atoms with Crippen molar-refractivity contribution in [3.05, 3.63) is 18.2 Å². The fraction of sp³-hybridized carbons (Fsp3) is 0.429. The first-order valence-electron chi connectivity index (χ1n) is 6.55. The van der Waals surface area contributed by atoms with Crippen LogP contribution < -0.4 is 9.47 Å². The Kier molecular flexibility index (Phi) is 5.32. The molecule has 0 amide bonds. The molecule has 0 aliphatic carbocycles. The molecule has 0 aromatic heterocycles. The van der Waals surface area contributed by atoms with E-state index >= 15 is 0 Å². The molecular formula is C14H16O6S. The molecule has 0 saturated carbocycles. The van der Waals surface area contributed by atoms with Crippen molar-refractivity contribution in [1.82, 2.24) is 0 Å². The monoisotopic (exact) mass is 312 g/mol. The number of hydrogen-bond donors (Lipinski definition) is 0. The molecule has 2 rings (SSSR count). The minimum atomic E-state index is -1.52. The van der Waals surface area contributed by atoms with Crippen LogP contribution in [-0.4, -0.2) is 41.5 Å². The Balaban J connectivity index is 1.97. The number of rotatable bonds is 6. The lowest BCUT2D eigenvalue weighted by Crippen LogP contribution is -2.18. The van der Waals surface area contributed by atoms with Gasteiger partial charge in [0.15, 0.2) is 17.3 Å². The van der Waals surface area contributed by atoms with Gasteiger partial charge in [0.2, 0.25) is 0 Å². The van der Waals surface area contributed by atoms with Crippen molar-refractivity contribution >= 4 is 22.6 Å². The van der Waals surface area contributed by atoms with E-state index in [-0.39, 0.29) is 18.8 Å². The average molecular weight is 312 g/mol. The second kappa shape index (κ2) is 7.21. The summed E-state index contributed by atoms with van der Waals surface area (Å²) >= 11 is 0. The van der Waals surface area contributed by atoms with Crippen LogP contribution in [0.15, 0.2) is 23.1 Å². The molecule has 0 saturated heterocycles. The number of hydrogen-bond acceptors (Lipinski definition) is 6. The second-order valence-corrected chi connectivity index (χ2v) is 5.77. The van der Waals surface area contributed by atoms with Crippen LogP contribution in [0, 0.1) is 0 Å². The molecule has 1 heterocycles. The summed E-state index contributed by atoms with van der Waals surface area (Å²) in [5.41, 5.74) is 0. The third-order valence-electron chi connectivity index (χ3n) is 2.72. The molecule has 0 radical (unpaired) electrons. The number of Topliss-reactive ketones (excluding diaryl/α,β-unsaturated/α-hetero) is 1. The fourth-order valence-electron chi connectivity index (χ4n) is 1.82. The molecule has 1 aromatic rings. The Morgan fingerprint density at radius 1 is 1.24 bits per heavy atom. The van der Waals surface area contributed by atoms with Crippen molar-refractivity contribution in [3.63, 3.8) is 0 Å². The third kappa shape index (κ3) is 4.29. The van der Waals surface area contributed by atoms with E-state index in [1.54, 1.807) is 25.1 Å². The van der Waals surface area contributed by atoms with E-state index in [2.05, 4.69) is 4.74 Å². The van der Waals surface area contributed by atoms with Gasteiger partial charge >= 0.3 is 5.97 Å². The number of esters is 1. The normalized spacial score (nSPS) is 14.3. The first-order chi connectivity index (χ1) is 10.1. The van der Waals surface area contributed by atoms with Crippen molar-refractivity contribution in [1.29, 1.82) is 0 Å². The van der Waals surface area contributed by atoms with Gasteiger partial charge in [0.25, 0.3) is 0 Å². The summed E-state index contributed by atoms with van der Waals surface area (Å²) in [6.07, 6.45) is -0.357. The zero-order valence-electron chi connectivity index (χ0n) is 11.6. The molecule has 1 atom stereocenters. The lowest BCUT2D eigenvalue weighted by molar-refractivity contribution is -0.145. The summed E-state index contributed by atoms with van der Waals surface area (Å²) in [6.45, 7) is 2.80. The topological polar surface area (TPSA) is 78.9 Å². The number of ether oxygens (including phenoxy) is 3. The van der Waals surface area contributed by atoms with E-state index in [9.17, 15) is 13.8 Å². The maximum Gasteiger partial charge on any atom is 0.313 e. The van der Waals surface area contributed by atoms with E-state index < -0.39 is 22.6 Å². The Morgan fingerprint density at radius 2 is 1.95 bits per heavy atom. The van der Waals surface area contributed by atoms with Gasteiger partial charge in [0, 0.05) is 11.0 Å². The molecule has 7 heteroatoms. The van der Waals surface area contributed by atoms with Gasteiger partial charge in [0.05, 0.1) is 23.2 Å². The standard InChI is InChI=1S/C14H16O6S/c1-2-18-14(16)7-10(15)9-21(17)11-3-4-12-13(8-11)20-6-5-19-12/h3-4,8H,2,5-7,9H2,1H3. The largest absolute Gasteiger partial charge is 0.486 e. The molecule has 21 heavy (non-hydrogen) atoms. The van der Waals surface area contributed by atoms with Gasteiger partial charge in [-0.25, -0.2) is 0 Å². The van der Waals surface area contributed by atoms with E-state index in [1.165, 1.54) is 0 Å². The summed E-state index contributed by atoms with van der Waals surface area (Å²) in [7, 11) is -1.52. The van der Waals surface area contributed by atoms with Gasteiger partial charge in [-0.05, 0) is 19.1 Å². The van der Waals surface area contributed by atoms with Gasteiger partial charge in [-0.3, -0.25) is 13.8 Å². The minimum absolute atomic E-state index is 0.220. The highest BCUT2D eigenvalue weighted by molar-refractivity contribution is 7.85. The van der Waals surface area contributed by atoms with Gasteiger partial charge < -0.3 is 14.2 Å². The smallest absolute Gasteiger partial charge is 0.313 e. The highest BCUT2D eigenvalue weighted by atomic mass is 32.2. The van der Waals surface area contributed by atoms with Crippen LogP contribution in [0.4, 0.5) is 0 Å². The molecular weight excluding hydrogens is 296 g/mol. The van der Waals surface area contributed by atoms with E-state index in [4.69, 9.17) is 9.47 Å². The van der Waals surface area contributed by atoms with Crippen molar-refractivity contribution in [3.8, 4) is 11.5 Å². The molecule has 0 bridgehead atoms. The summed E-state index contributed by atoms with van der Waals surface area (Å²) in [4.78, 5) is 23.3. The summed E-state index contributed by atoms with van der Waals surface area (Å²) in [5, 5.41) is 0. The van der Waals surface area contributed by atoms with Crippen molar-refractivity contribution in [2.45, 2.75) is 18.2 Å². The molecule has 1 unspecified atom stereocenters.